The Morgan fingerprint density at radius 3 is 2.81 bits per heavy atom. The highest BCUT2D eigenvalue weighted by Crippen LogP contribution is 2.33. The Hall–Kier alpha value is -1.75. The number of nitrogens with zero attached hydrogens (tertiary/aromatic N) is 2. The summed E-state index contributed by atoms with van der Waals surface area (Å²) < 4.78 is 5.27. The van der Waals surface area contributed by atoms with Crippen LogP contribution < -0.4 is 10.1 Å². The van der Waals surface area contributed by atoms with E-state index < -0.39 is 0 Å². The molecule has 0 saturated carbocycles. The lowest BCUT2D eigenvalue weighted by atomic mass is 10.2. The topological polar surface area (TPSA) is 47.0 Å². The molecule has 1 heterocycles. The lowest BCUT2D eigenvalue weighted by molar-refractivity contribution is 0.413. The molecule has 1 N–H and O–H groups in total. The van der Waals surface area contributed by atoms with Crippen LogP contribution in [0.2, 0.25) is 0 Å². The van der Waals surface area contributed by atoms with Gasteiger partial charge in [-0.25, -0.2) is 9.97 Å². The molecule has 0 atom stereocenters. The number of anilines is 1. The molecular weight excluding hydrogens is 282 g/mol. The Bertz CT molecular complexity index is 589. The molecule has 0 fully saturated rings. The number of hydrogen-bond acceptors (Lipinski definition) is 5. The number of rotatable bonds is 7. The van der Waals surface area contributed by atoms with Gasteiger partial charge in [-0.2, -0.15) is 0 Å². The highest BCUT2D eigenvalue weighted by molar-refractivity contribution is 7.99. The van der Waals surface area contributed by atoms with Gasteiger partial charge >= 0.3 is 0 Å². The standard InChI is InChI=1S/C16H21N3OS/c1-4-9-17-15-14(5-2)16(19-11-18-15)21-13-8-6-7-12(10-13)20-3/h6-8,10-11H,4-5,9H2,1-3H3,(H,17,18,19). The zero-order valence-electron chi connectivity index (χ0n) is 12.7. The largest absolute Gasteiger partial charge is 0.497 e. The molecule has 0 aliphatic carbocycles. The second-order valence-electron chi connectivity index (χ2n) is 4.57. The SMILES string of the molecule is CCCNc1ncnc(Sc2cccc(OC)c2)c1CC. The Kier molecular flexibility index (Phi) is 5.87. The molecule has 0 saturated heterocycles. The lowest BCUT2D eigenvalue weighted by Gasteiger charge is -2.12. The van der Waals surface area contributed by atoms with E-state index in [4.69, 9.17) is 4.74 Å². The zero-order valence-corrected chi connectivity index (χ0v) is 13.5. The molecule has 0 radical (unpaired) electrons. The third-order valence-electron chi connectivity index (χ3n) is 3.06. The summed E-state index contributed by atoms with van der Waals surface area (Å²) in [6, 6.07) is 8.02. The molecule has 0 bridgehead atoms. The van der Waals surface area contributed by atoms with Gasteiger partial charge in [-0.3, -0.25) is 0 Å². The first kappa shape index (κ1) is 15.6. The van der Waals surface area contributed by atoms with Crippen molar-refractivity contribution in [2.45, 2.75) is 36.6 Å². The molecule has 5 heteroatoms. The maximum absolute atomic E-state index is 5.27. The number of hydrogen-bond donors (Lipinski definition) is 1. The molecule has 112 valence electrons. The monoisotopic (exact) mass is 303 g/mol. The second kappa shape index (κ2) is 7.88. The minimum absolute atomic E-state index is 0.858. The van der Waals surface area contributed by atoms with Crippen molar-refractivity contribution in [1.82, 2.24) is 9.97 Å². The van der Waals surface area contributed by atoms with Gasteiger partial charge in [0.1, 0.15) is 22.9 Å². The first-order chi connectivity index (χ1) is 10.3. The van der Waals surface area contributed by atoms with Gasteiger partial charge < -0.3 is 10.1 Å². The molecule has 1 aromatic heterocycles. The summed E-state index contributed by atoms with van der Waals surface area (Å²) in [5.74, 6) is 1.80. The maximum atomic E-state index is 5.27. The van der Waals surface area contributed by atoms with Gasteiger partial charge in [-0.05, 0) is 31.0 Å². The molecule has 0 aliphatic rings. The minimum atomic E-state index is 0.858. The molecule has 21 heavy (non-hydrogen) atoms. The van der Waals surface area contributed by atoms with Crippen molar-refractivity contribution in [3.63, 3.8) is 0 Å². The molecule has 1 aromatic carbocycles. The molecule has 2 rings (SSSR count). The van der Waals surface area contributed by atoms with Crippen molar-refractivity contribution in [2.75, 3.05) is 19.0 Å². The minimum Gasteiger partial charge on any atom is -0.497 e. The van der Waals surface area contributed by atoms with Crippen LogP contribution in [-0.4, -0.2) is 23.6 Å². The van der Waals surface area contributed by atoms with Crippen LogP contribution in [0.1, 0.15) is 25.8 Å². The Labute approximate surface area is 130 Å². The van der Waals surface area contributed by atoms with Gasteiger partial charge in [0.25, 0.3) is 0 Å². The average Bonchev–Trinajstić information content (AvgIpc) is 2.53. The van der Waals surface area contributed by atoms with Crippen molar-refractivity contribution >= 4 is 17.6 Å². The smallest absolute Gasteiger partial charge is 0.133 e. The van der Waals surface area contributed by atoms with E-state index >= 15 is 0 Å². The van der Waals surface area contributed by atoms with Crippen LogP contribution in [0.4, 0.5) is 5.82 Å². The van der Waals surface area contributed by atoms with Gasteiger partial charge in [0.15, 0.2) is 0 Å². The highest BCUT2D eigenvalue weighted by Gasteiger charge is 2.11. The van der Waals surface area contributed by atoms with Crippen LogP contribution in [0.15, 0.2) is 40.5 Å². The van der Waals surface area contributed by atoms with E-state index in [-0.39, 0.29) is 0 Å². The number of ether oxygens (including phenoxy) is 1. The van der Waals surface area contributed by atoms with E-state index in [0.717, 1.165) is 40.9 Å². The fraction of sp³-hybridized carbons (Fsp3) is 0.375. The third kappa shape index (κ3) is 4.11. The van der Waals surface area contributed by atoms with Crippen LogP contribution in [-0.2, 0) is 6.42 Å². The van der Waals surface area contributed by atoms with E-state index in [2.05, 4.69) is 35.2 Å². The summed E-state index contributed by atoms with van der Waals surface area (Å²) in [5.41, 5.74) is 1.17. The van der Waals surface area contributed by atoms with E-state index in [1.54, 1.807) is 25.2 Å². The molecule has 0 amide bonds. The van der Waals surface area contributed by atoms with E-state index in [9.17, 15) is 0 Å². The number of benzene rings is 1. The molecule has 0 unspecified atom stereocenters. The highest BCUT2D eigenvalue weighted by atomic mass is 32.2. The van der Waals surface area contributed by atoms with Gasteiger partial charge in [-0.15, -0.1) is 0 Å². The Morgan fingerprint density at radius 1 is 1.24 bits per heavy atom. The summed E-state index contributed by atoms with van der Waals surface area (Å²) >= 11 is 1.64. The molecule has 4 nitrogen and oxygen atoms in total. The molecule has 2 aromatic rings. The first-order valence-electron chi connectivity index (χ1n) is 7.18. The predicted octanol–water partition coefficient (Wildman–Crippen LogP) is 4.02. The van der Waals surface area contributed by atoms with Crippen molar-refractivity contribution in [3.05, 3.63) is 36.2 Å². The van der Waals surface area contributed by atoms with Gasteiger partial charge in [-0.1, -0.05) is 31.7 Å². The average molecular weight is 303 g/mol. The third-order valence-corrected chi connectivity index (χ3v) is 4.09. The van der Waals surface area contributed by atoms with Crippen LogP contribution in [0, 0.1) is 0 Å². The number of nitrogens with one attached hydrogen (secondary N) is 1. The number of aromatic nitrogens is 2. The van der Waals surface area contributed by atoms with E-state index in [1.165, 1.54) is 5.56 Å². The number of methoxy groups -OCH3 is 1. The summed E-state index contributed by atoms with van der Waals surface area (Å²) in [6.45, 7) is 5.20. The van der Waals surface area contributed by atoms with E-state index in [1.807, 2.05) is 18.2 Å². The lowest BCUT2D eigenvalue weighted by Crippen LogP contribution is -2.06. The van der Waals surface area contributed by atoms with Crippen LogP contribution in [0.3, 0.4) is 0 Å². The summed E-state index contributed by atoms with van der Waals surface area (Å²) in [4.78, 5) is 9.92. The van der Waals surface area contributed by atoms with Gasteiger partial charge in [0.2, 0.25) is 0 Å². The van der Waals surface area contributed by atoms with Crippen molar-refractivity contribution < 1.29 is 4.74 Å². The Morgan fingerprint density at radius 2 is 2.10 bits per heavy atom. The van der Waals surface area contributed by atoms with E-state index in [0.29, 0.717) is 0 Å². The molecule has 0 spiro atoms. The molecule has 0 aliphatic heterocycles. The van der Waals surface area contributed by atoms with Crippen LogP contribution in [0.25, 0.3) is 0 Å². The van der Waals surface area contributed by atoms with Crippen LogP contribution >= 0.6 is 11.8 Å². The summed E-state index contributed by atoms with van der Waals surface area (Å²) in [6.07, 6.45) is 3.60. The second-order valence-corrected chi connectivity index (χ2v) is 5.63. The normalized spacial score (nSPS) is 10.4. The van der Waals surface area contributed by atoms with Gasteiger partial charge in [0, 0.05) is 17.0 Å². The summed E-state index contributed by atoms with van der Waals surface area (Å²) in [5, 5.41) is 4.37. The predicted molar refractivity (Wildman–Crippen MR) is 87.3 cm³/mol. The fourth-order valence-corrected chi connectivity index (χ4v) is 2.98. The maximum Gasteiger partial charge on any atom is 0.133 e. The van der Waals surface area contributed by atoms with Gasteiger partial charge in [0.05, 0.1) is 7.11 Å². The Balaban J connectivity index is 2.26. The summed E-state index contributed by atoms with van der Waals surface area (Å²) in [7, 11) is 1.68. The van der Waals surface area contributed by atoms with Crippen molar-refractivity contribution in [3.8, 4) is 5.75 Å². The van der Waals surface area contributed by atoms with Crippen LogP contribution in [0.5, 0.6) is 5.75 Å². The van der Waals surface area contributed by atoms with Crippen molar-refractivity contribution in [1.29, 1.82) is 0 Å². The van der Waals surface area contributed by atoms with Crippen molar-refractivity contribution in [2.24, 2.45) is 0 Å². The quantitative estimate of drug-likeness (QED) is 0.783. The molecular formula is C16H21N3OS. The fourth-order valence-electron chi connectivity index (χ4n) is 1.97. The zero-order chi connectivity index (χ0) is 15.1. The first-order valence-corrected chi connectivity index (χ1v) is 7.99.